The Morgan fingerprint density at radius 1 is 1.39 bits per heavy atom. The Morgan fingerprint density at radius 3 is 2.57 bits per heavy atom. The predicted molar refractivity (Wildman–Crippen MR) is 85.0 cm³/mol. The number of benzene rings is 1. The van der Waals surface area contributed by atoms with Gasteiger partial charge in [-0.15, -0.1) is 0 Å². The quantitative estimate of drug-likeness (QED) is 0.853. The van der Waals surface area contributed by atoms with E-state index < -0.39 is 23.7 Å². The predicted octanol–water partition coefficient (Wildman–Crippen LogP) is 2.82. The fourth-order valence-corrected chi connectivity index (χ4v) is 2.00. The lowest BCUT2D eigenvalue weighted by Crippen LogP contribution is -2.45. The monoisotopic (exact) mass is 338 g/mol. The third kappa shape index (κ3) is 6.17. The first-order valence-corrected chi connectivity index (χ1v) is 7.30. The SMILES string of the molecule is COC(=O)[C@H](Cc1cc(C#N)ccc1Cl)NC(=O)OC(C)(C)C. The zero-order chi connectivity index (χ0) is 17.6. The maximum atomic E-state index is 11.9. The van der Waals surface area contributed by atoms with Crippen LogP contribution in [0.2, 0.25) is 5.02 Å². The number of methoxy groups -OCH3 is 1. The van der Waals surface area contributed by atoms with Gasteiger partial charge in [-0.1, -0.05) is 11.6 Å². The van der Waals surface area contributed by atoms with E-state index in [0.29, 0.717) is 16.1 Å². The maximum absolute atomic E-state index is 11.9. The molecule has 0 bridgehead atoms. The van der Waals surface area contributed by atoms with Gasteiger partial charge < -0.3 is 14.8 Å². The summed E-state index contributed by atoms with van der Waals surface area (Å²) in [6.45, 7) is 5.15. The van der Waals surface area contributed by atoms with Gasteiger partial charge in [-0.05, 0) is 44.5 Å². The van der Waals surface area contributed by atoms with E-state index in [1.807, 2.05) is 6.07 Å². The molecule has 1 aromatic carbocycles. The number of rotatable bonds is 4. The van der Waals surface area contributed by atoms with Crippen LogP contribution in [-0.4, -0.2) is 30.8 Å². The van der Waals surface area contributed by atoms with Crippen LogP contribution in [0.5, 0.6) is 0 Å². The smallest absolute Gasteiger partial charge is 0.408 e. The minimum Gasteiger partial charge on any atom is -0.467 e. The molecule has 124 valence electrons. The second kappa shape index (κ2) is 7.84. The Kier molecular flexibility index (Phi) is 6.40. The number of nitrogens with zero attached hydrogens (tertiary/aromatic N) is 1. The third-order valence-electron chi connectivity index (χ3n) is 2.78. The highest BCUT2D eigenvalue weighted by atomic mass is 35.5. The van der Waals surface area contributed by atoms with Gasteiger partial charge >= 0.3 is 12.1 Å². The highest BCUT2D eigenvalue weighted by Gasteiger charge is 2.26. The van der Waals surface area contributed by atoms with Crippen LogP contribution in [0, 0.1) is 11.3 Å². The molecule has 0 fully saturated rings. The largest absolute Gasteiger partial charge is 0.467 e. The number of alkyl carbamates (subject to hydrolysis) is 1. The molecule has 1 N–H and O–H groups in total. The summed E-state index contributed by atoms with van der Waals surface area (Å²) in [5.74, 6) is -0.630. The number of carbonyl (C=O) groups excluding carboxylic acids is 2. The fraction of sp³-hybridized carbons (Fsp3) is 0.438. The normalized spacial score (nSPS) is 12.0. The van der Waals surface area contributed by atoms with Gasteiger partial charge in [0.2, 0.25) is 0 Å². The molecule has 0 heterocycles. The zero-order valence-electron chi connectivity index (χ0n) is 13.5. The molecule has 1 atom stereocenters. The summed E-state index contributed by atoms with van der Waals surface area (Å²) < 4.78 is 9.83. The van der Waals surface area contributed by atoms with Crippen molar-refractivity contribution in [1.82, 2.24) is 5.32 Å². The summed E-state index contributed by atoms with van der Waals surface area (Å²) in [6.07, 6.45) is -0.652. The van der Waals surface area contributed by atoms with Gasteiger partial charge in [0.05, 0.1) is 18.7 Å². The molecule has 7 heteroatoms. The summed E-state index contributed by atoms with van der Waals surface area (Å²) >= 11 is 6.08. The van der Waals surface area contributed by atoms with Crippen LogP contribution in [0.3, 0.4) is 0 Å². The minimum atomic E-state index is -0.971. The van der Waals surface area contributed by atoms with Crippen molar-refractivity contribution < 1.29 is 19.1 Å². The van der Waals surface area contributed by atoms with Gasteiger partial charge in [0, 0.05) is 11.4 Å². The highest BCUT2D eigenvalue weighted by molar-refractivity contribution is 6.31. The van der Waals surface area contributed by atoms with Crippen molar-refractivity contribution in [3.63, 3.8) is 0 Å². The van der Waals surface area contributed by atoms with E-state index in [4.69, 9.17) is 26.3 Å². The van der Waals surface area contributed by atoms with Crippen molar-refractivity contribution in [1.29, 1.82) is 5.26 Å². The summed E-state index contributed by atoms with van der Waals surface area (Å²) in [5, 5.41) is 11.8. The molecule has 0 aromatic heterocycles. The number of nitrogens with one attached hydrogen (secondary N) is 1. The van der Waals surface area contributed by atoms with Gasteiger partial charge in [-0.2, -0.15) is 5.26 Å². The van der Waals surface area contributed by atoms with E-state index in [2.05, 4.69) is 5.32 Å². The molecule has 6 nitrogen and oxygen atoms in total. The Morgan fingerprint density at radius 2 is 2.04 bits per heavy atom. The van der Waals surface area contributed by atoms with E-state index >= 15 is 0 Å². The second-order valence-corrected chi connectivity index (χ2v) is 6.25. The van der Waals surface area contributed by atoms with Crippen molar-refractivity contribution in [3.8, 4) is 6.07 Å². The number of nitriles is 1. The van der Waals surface area contributed by atoms with Crippen LogP contribution < -0.4 is 5.32 Å². The number of hydrogen-bond acceptors (Lipinski definition) is 5. The Balaban J connectivity index is 2.94. The van der Waals surface area contributed by atoms with Crippen molar-refractivity contribution in [3.05, 3.63) is 34.3 Å². The summed E-state index contributed by atoms with van der Waals surface area (Å²) in [7, 11) is 1.22. The first-order chi connectivity index (χ1) is 10.7. The van der Waals surface area contributed by atoms with Crippen molar-refractivity contribution in [2.75, 3.05) is 7.11 Å². The average Bonchev–Trinajstić information content (AvgIpc) is 2.45. The van der Waals surface area contributed by atoms with Crippen LogP contribution in [0.25, 0.3) is 0 Å². The average molecular weight is 339 g/mol. The standard InChI is InChI=1S/C16H19ClN2O4/c1-16(2,3)23-15(21)19-13(14(20)22-4)8-11-7-10(9-18)5-6-12(11)17/h5-7,13H,8H2,1-4H3,(H,19,21)/t13-/m0/s1. The van der Waals surface area contributed by atoms with Crippen molar-refractivity contribution in [2.45, 2.75) is 38.8 Å². The Labute approximate surface area is 140 Å². The van der Waals surface area contributed by atoms with Crippen LogP contribution in [-0.2, 0) is 20.7 Å². The van der Waals surface area contributed by atoms with E-state index in [9.17, 15) is 9.59 Å². The first kappa shape index (κ1) is 18.8. The van der Waals surface area contributed by atoms with Gasteiger partial charge in [0.15, 0.2) is 0 Å². The highest BCUT2D eigenvalue weighted by Crippen LogP contribution is 2.19. The molecule has 23 heavy (non-hydrogen) atoms. The molecule has 0 aliphatic heterocycles. The Bertz CT molecular complexity index is 632. The van der Waals surface area contributed by atoms with Crippen LogP contribution in [0.15, 0.2) is 18.2 Å². The topological polar surface area (TPSA) is 88.4 Å². The lowest BCUT2D eigenvalue weighted by Gasteiger charge is -2.22. The molecule has 0 saturated heterocycles. The van der Waals surface area contributed by atoms with Crippen molar-refractivity contribution >= 4 is 23.7 Å². The summed E-state index contributed by atoms with van der Waals surface area (Å²) in [4.78, 5) is 23.7. The molecule has 0 aliphatic carbocycles. The molecule has 1 aromatic rings. The molecule has 0 saturated carbocycles. The number of esters is 1. The third-order valence-corrected chi connectivity index (χ3v) is 3.14. The molecule has 0 unspecified atom stereocenters. The maximum Gasteiger partial charge on any atom is 0.408 e. The lowest BCUT2D eigenvalue weighted by atomic mass is 10.0. The number of carbonyl (C=O) groups is 2. The summed E-state index contributed by atoms with van der Waals surface area (Å²) in [6, 6.07) is 5.73. The van der Waals surface area contributed by atoms with Crippen LogP contribution in [0.1, 0.15) is 31.9 Å². The fourth-order valence-electron chi connectivity index (χ4n) is 1.81. The van der Waals surface area contributed by atoms with Gasteiger partial charge in [0.25, 0.3) is 0 Å². The van der Waals surface area contributed by atoms with Gasteiger partial charge in [-0.25, -0.2) is 9.59 Å². The van der Waals surface area contributed by atoms with E-state index in [0.717, 1.165) is 0 Å². The Hall–Kier alpha value is -2.26. The molecular formula is C16H19ClN2O4. The van der Waals surface area contributed by atoms with Crippen molar-refractivity contribution in [2.24, 2.45) is 0 Å². The summed E-state index contributed by atoms with van der Waals surface area (Å²) in [5.41, 5.74) is 0.269. The first-order valence-electron chi connectivity index (χ1n) is 6.92. The zero-order valence-corrected chi connectivity index (χ0v) is 14.2. The van der Waals surface area contributed by atoms with Gasteiger partial charge in [-0.3, -0.25) is 0 Å². The van der Waals surface area contributed by atoms with E-state index in [-0.39, 0.29) is 6.42 Å². The molecule has 0 radical (unpaired) electrons. The number of ether oxygens (including phenoxy) is 2. The van der Waals surface area contributed by atoms with E-state index in [1.54, 1.807) is 39.0 Å². The minimum absolute atomic E-state index is 0.0836. The van der Waals surface area contributed by atoms with Gasteiger partial charge in [0.1, 0.15) is 11.6 Å². The number of hydrogen-bond donors (Lipinski definition) is 1. The van der Waals surface area contributed by atoms with E-state index in [1.165, 1.54) is 7.11 Å². The molecule has 1 amide bonds. The molecule has 0 spiro atoms. The molecular weight excluding hydrogens is 320 g/mol. The van der Waals surface area contributed by atoms with Crippen LogP contribution in [0.4, 0.5) is 4.79 Å². The lowest BCUT2D eigenvalue weighted by molar-refractivity contribution is -0.143. The molecule has 0 aliphatic rings. The van der Waals surface area contributed by atoms with Crippen LogP contribution >= 0.6 is 11.6 Å². The second-order valence-electron chi connectivity index (χ2n) is 5.84. The number of amides is 1. The number of halogens is 1. The molecule has 1 rings (SSSR count).